The molecule has 1 atom stereocenters. The number of nitrogens with zero attached hydrogens (tertiary/aromatic N) is 3. The maximum Gasteiger partial charge on any atom is 0.282 e. The number of benzene rings is 1. The molecule has 0 spiro atoms. The maximum absolute atomic E-state index is 12.8. The molecule has 1 unspecified atom stereocenters. The summed E-state index contributed by atoms with van der Waals surface area (Å²) in [6.45, 7) is 4.52. The van der Waals surface area contributed by atoms with Crippen LogP contribution in [0.15, 0.2) is 18.2 Å². The molecule has 2 heterocycles. The Morgan fingerprint density at radius 3 is 2.58 bits per heavy atom. The minimum absolute atomic E-state index is 0.0827. The lowest BCUT2D eigenvalue weighted by Gasteiger charge is -2.37. The van der Waals surface area contributed by atoms with Crippen LogP contribution in [-0.2, 0) is 0 Å². The van der Waals surface area contributed by atoms with Crippen LogP contribution in [0.25, 0.3) is 0 Å². The van der Waals surface area contributed by atoms with Crippen LogP contribution in [0.5, 0.6) is 0 Å². The number of carbonyl (C=O) groups excluding carboxylic acids is 1. The molecule has 24 heavy (non-hydrogen) atoms. The summed E-state index contributed by atoms with van der Waals surface area (Å²) in [4.78, 5) is 27.7. The van der Waals surface area contributed by atoms with E-state index in [2.05, 4.69) is 11.8 Å². The van der Waals surface area contributed by atoms with Crippen molar-refractivity contribution in [2.75, 3.05) is 24.5 Å². The van der Waals surface area contributed by atoms with Crippen molar-refractivity contribution in [2.24, 2.45) is 0 Å². The zero-order chi connectivity index (χ0) is 17.1. The van der Waals surface area contributed by atoms with E-state index in [-0.39, 0.29) is 17.2 Å². The number of carbonyl (C=O) groups is 1. The molecule has 130 valence electrons. The van der Waals surface area contributed by atoms with Crippen molar-refractivity contribution >= 4 is 17.3 Å². The Hall–Kier alpha value is -2.11. The molecule has 2 aliphatic heterocycles. The van der Waals surface area contributed by atoms with Crippen LogP contribution in [0.4, 0.5) is 11.4 Å². The van der Waals surface area contributed by atoms with Crippen molar-refractivity contribution in [1.29, 1.82) is 0 Å². The van der Waals surface area contributed by atoms with Gasteiger partial charge in [0.05, 0.1) is 4.92 Å². The Balaban J connectivity index is 1.95. The third-order valence-corrected chi connectivity index (χ3v) is 5.23. The Kier molecular flexibility index (Phi) is 5.02. The molecular weight excluding hydrogens is 306 g/mol. The first-order valence-electron chi connectivity index (χ1n) is 8.96. The highest BCUT2D eigenvalue weighted by atomic mass is 16.6. The second-order valence-electron chi connectivity index (χ2n) is 6.71. The summed E-state index contributed by atoms with van der Waals surface area (Å²) >= 11 is 0. The van der Waals surface area contributed by atoms with Gasteiger partial charge in [0.1, 0.15) is 5.56 Å². The summed E-state index contributed by atoms with van der Waals surface area (Å²) < 4.78 is 0. The number of hydrogen-bond donors (Lipinski definition) is 0. The van der Waals surface area contributed by atoms with Crippen molar-refractivity contribution in [3.05, 3.63) is 33.9 Å². The fourth-order valence-electron chi connectivity index (χ4n) is 3.89. The highest BCUT2D eigenvalue weighted by Crippen LogP contribution is 2.31. The van der Waals surface area contributed by atoms with Crippen LogP contribution in [0.1, 0.15) is 55.8 Å². The smallest absolute Gasteiger partial charge is 0.282 e. The zero-order valence-corrected chi connectivity index (χ0v) is 14.2. The number of hydrogen-bond acceptors (Lipinski definition) is 4. The van der Waals surface area contributed by atoms with Gasteiger partial charge in [-0.1, -0.05) is 6.92 Å². The van der Waals surface area contributed by atoms with Gasteiger partial charge >= 0.3 is 0 Å². The van der Waals surface area contributed by atoms with Gasteiger partial charge in [-0.15, -0.1) is 0 Å². The SMILES string of the molecule is CCC1CCCCN1c1ccc([N+](=O)[O-])c(C(=O)N2CCCC2)c1. The Labute approximate surface area is 142 Å². The minimum atomic E-state index is -0.444. The van der Waals surface area contributed by atoms with E-state index in [1.807, 2.05) is 0 Å². The topological polar surface area (TPSA) is 66.7 Å². The monoisotopic (exact) mass is 331 g/mol. The molecule has 0 saturated carbocycles. The molecule has 0 aromatic heterocycles. The lowest BCUT2D eigenvalue weighted by atomic mass is 9.98. The molecule has 1 aromatic rings. The standard InChI is InChI=1S/C18H25N3O3/c1-2-14-7-3-4-12-20(14)15-8-9-17(21(23)24)16(13-15)18(22)19-10-5-6-11-19/h8-9,13-14H,2-7,10-12H2,1H3. The number of amides is 1. The van der Waals surface area contributed by atoms with Crippen molar-refractivity contribution in [3.63, 3.8) is 0 Å². The highest BCUT2D eigenvalue weighted by Gasteiger charge is 2.29. The predicted octanol–water partition coefficient (Wildman–Crippen LogP) is 3.60. The van der Waals surface area contributed by atoms with E-state index in [1.54, 1.807) is 17.0 Å². The van der Waals surface area contributed by atoms with Crippen molar-refractivity contribution in [2.45, 2.75) is 51.5 Å². The number of piperidine rings is 1. The predicted molar refractivity (Wildman–Crippen MR) is 93.5 cm³/mol. The van der Waals surface area contributed by atoms with Crippen LogP contribution in [0, 0.1) is 10.1 Å². The molecule has 2 saturated heterocycles. The third kappa shape index (κ3) is 3.23. The van der Waals surface area contributed by atoms with Crippen LogP contribution < -0.4 is 4.90 Å². The van der Waals surface area contributed by atoms with Gasteiger partial charge in [-0.2, -0.15) is 0 Å². The van der Waals surface area contributed by atoms with E-state index >= 15 is 0 Å². The van der Waals surface area contributed by atoms with Crippen LogP contribution in [0.3, 0.4) is 0 Å². The molecular formula is C18H25N3O3. The minimum Gasteiger partial charge on any atom is -0.369 e. The van der Waals surface area contributed by atoms with Gasteiger partial charge in [-0.05, 0) is 50.7 Å². The molecule has 1 aromatic carbocycles. The molecule has 0 bridgehead atoms. The Bertz CT molecular complexity index is 626. The first kappa shape index (κ1) is 16.7. The molecule has 0 radical (unpaired) electrons. The van der Waals surface area contributed by atoms with E-state index < -0.39 is 4.92 Å². The molecule has 0 aliphatic carbocycles. The molecule has 6 heteroatoms. The van der Waals surface area contributed by atoms with E-state index in [0.717, 1.165) is 44.3 Å². The fraction of sp³-hybridized carbons (Fsp3) is 0.611. The Morgan fingerprint density at radius 1 is 1.21 bits per heavy atom. The van der Waals surface area contributed by atoms with Gasteiger partial charge < -0.3 is 9.80 Å². The summed E-state index contributed by atoms with van der Waals surface area (Å²) in [6, 6.07) is 5.49. The first-order chi connectivity index (χ1) is 11.6. The summed E-state index contributed by atoms with van der Waals surface area (Å²) in [5, 5.41) is 11.4. The van der Waals surface area contributed by atoms with Gasteiger partial charge in [0.2, 0.25) is 0 Å². The number of anilines is 1. The van der Waals surface area contributed by atoms with Crippen molar-refractivity contribution in [1.82, 2.24) is 4.90 Å². The molecule has 2 fully saturated rings. The van der Waals surface area contributed by atoms with Gasteiger partial charge in [0.15, 0.2) is 0 Å². The molecule has 0 N–H and O–H groups in total. The summed E-state index contributed by atoms with van der Waals surface area (Å²) in [6.07, 6.45) is 6.49. The van der Waals surface area contributed by atoms with Crippen molar-refractivity contribution < 1.29 is 9.72 Å². The lowest BCUT2D eigenvalue weighted by Crippen LogP contribution is -2.39. The highest BCUT2D eigenvalue weighted by molar-refractivity contribution is 5.99. The largest absolute Gasteiger partial charge is 0.369 e. The number of rotatable bonds is 4. The quantitative estimate of drug-likeness (QED) is 0.624. The number of nitro benzene ring substituents is 1. The van der Waals surface area contributed by atoms with E-state index in [4.69, 9.17) is 0 Å². The molecule has 3 rings (SSSR count). The van der Waals surface area contributed by atoms with E-state index in [1.165, 1.54) is 12.5 Å². The van der Waals surface area contributed by atoms with Gasteiger partial charge in [-0.25, -0.2) is 0 Å². The lowest BCUT2D eigenvalue weighted by molar-refractivity contribution is -0.385. The first-order valence-corrected chi connectivity index (χ1v) is 8.96. The summed E-state index contributed by atoms with van der Waals surface area (Å²) in [5.74, 6) is -0.203. The van der Waals surface area contributed by atoms with E-state index in [0.29, 0.717) is 19.1 Å². The fourth-order valence-corrected chi connectivity index (χ4v) is 3.89. The van der Waals surface area contributed by atoms with Gasteiger partial charge in [0.25, 0.3) is 11.6 Å². The molecule has 2 aliphatic rings. The van der Waals surface area contributed by atoms with E-state index in [9.17, 15) is 14.9 Å². The summed E-state index contributed by atoms with van der Waals surface area (Å²) in [7, 11) is 0. The van der Waals surface area contributed by atoms with Gasteiger partial charge in [0, 0.05) is 37.4 Å². The van der Waals surface area contributed by atoms with Crippen LogP contribution in [0.2, 0.25) is 0 Å². The van der Waals surface area contributed by atoms with Gasteiger partial charge in [-0.3, -0.25) is 14.9 Å². The second-order valence-corrected chi connectivity index (χ2v) is 6.71. The second kappa shape index (κ2) is 7.20. The average Bonchev–Trinajstić information content (AvgIpc) is 3.15. The maximum atomic E-state index is 12.8. The third-order valence-electron chi connectivity index (χ3n) is 5.23. The van der Waals surface area contributed by atoms with Crippen LogP contribution in [-0.4, -0.2) is 41.4 Å². The molecule has 6 nitrogen and oxygen atoms in total. The zero-order valence-electron chi connectivity index (χ0n) is 14.2. The number of nitro groups is 1. The Morgan fingerprint density at radius 2 is 1.92 bits per heavy atom. The summed E-state index contributed by atoms with van der Waals surface area (Å²) in [5.41, 5.74) is 1.09. The average molecular weight is 331 g/mol. The molecule has 1 amide bonds. The number of likely N-dealkylation sites (tertiary alicyclic amines) is 1. The van der Waals surface area contributed by atoms with Crippen LogP contribution >= 0.6 is 0 Å². The normalized spacial score (nSPS) is 21.1. The van der Waals surface area contributed by atoms with Crippen molar-refractivity contribution in [3.8, 4) is 0 Å².